The molecule has 0 saturated carbocycles. The number of fused-ring (bicyclic) bond motifs is 1. The molecule has 0 fully saturated rings. The summed E-state index contributed by atoms with van der Waals surface area (Å²) in [5.74, 6) is 1.47. The molecule has 0 radical (unpaired) electrons. The number of hydroxylamine groups is 1. The first-order valence-electron chi connectivity index (χ1n) is 5.18. The molecule has 2 rings (SSSR count). The smallest absolute Gasteiger partial charge is 0.177 e. The zero-order valence-electron chi connectivity index (χ0n) is 9.96. The quantitative estimate of drug-likeness (QED) is 0.853. The maximum atomic E-state index is 6.31. The van der Waals surface area contributed by atoms with E-state index in [9.17, 15) is 0 Å². The lowest BCUT2D eigenvalue weighted by molar-refractivity contribution is 0.0867. The predicted octanol–water partition coefficient (Wildman–Crippen LogP) is 3.05. The number of nitrogens with one attached hydrogen (secondary N) is 1. The Morgan fingerprint density at radius 2 is 2.12 bits per heavy atom. The summed E-state index contributed by atoms with van der Waals surface area (Å²) >= 11 is 6.31. The van der Waals surface area contributed by atoms with Gasteiger partial charge in [0.1, 0.15) is 5.76 Å². The molecule has 1 N–H and O–H groups in total. The fraction of sp³-hybridized carbons (Fsp3) is 0.333. The summed E-state index contributed by atoms with van der Waals surface area (Å²) in [5.41, 5.74) is 4.34. The van der Waals surface area contributed by atoms with Crippen LogP contribution in [0.1, 0.15) is 11.3 Å². The minimum atomic E-state index is 0.506. The highest BCUT2D eigenvalue weighted by Crippen LogP contribution is 2.36. The van der Waals surface area contributed by atoms with E-state index in [4.69, 9.17) is 25.6 Å². The van der Waals surface area contributed by atoms with Crippen molar-refractivity contribution in [3.05, 3.63) is 28.5 Å². The highest BCUT2D eigenvalue weighted by molar-refractivity contribution is 6.36. The fourth-order valence-corrected chi connectivity index (χ4v) is 2.01. The van der Waals surface area contributed by atoms with Crippen molar-refractivity contribution in [1.82, 2.24) is 5.48 Å². The molecule has 0 aliphatic rings. The van der Waals surface area contributed by atoms with Crippen molar-refractivity contribution in [3.8, 4) is 5.75 Å². The van der Waals surface area contributed by atoms with Gasteiger partial charge in [-0.2, -0.15) is 5.48 Å². The molecule has 5 heteroatoms. The Bertz CT molecular complexity index is 536. The van der Waals surface area contributed by atoms with E-state index in [2.05, 4.69) is 5.48 Å². The van der Waals surface area contributed by atoms with Crippen LogP contribution in [-0.2, 0) is 11.4 Å². The monoisotopic (exact) mass is 255 g/mol. The van der Waals surface area contributed by atoms with Crippen LogP contribution < -0.4 is 10.2 Å². The van der Waals surface area contributed by atoms with Gasteiger partial charge in [0.2, 0.25) is 0 Å². The van der Waals surface area contributed by atoms with Crippen molar-refractivity contribution in [2.24, 2.45) is 0 Å². The minimum absolute atomic E-state index is 0.506. The van der Waals surface area contributed by atoms with Crippen LogP contribution >= 0.6 is 11.6 Å². The number of methoxy groups -OCH3 is 1. The second kappa shape index (κ2) is 4.96. The van der Waals surface area contributed by atoms with Crippen LogP contribution in [0.4, 0.5) is 0 Å². The third kappa shape index (κ3) is 2.24. The Morgan fingerprint density at radius 1 is 1.35 bits per heavy atom. The number of halogens is 1. The van der Waals surface area contributed by atoms with Crippen LogP contribution in [0, 0.1) is 6.92 Å². The van der Waals surface area contributed by atoms with E-state index >= 15 is 0 Å². The lowest BCUT2D eigenvalue weighted by Crippen LogP contribution is -2.11. The highest BCUT2D eigenvalue weighted by atomic mass is 35.5. The molecule has 0 unspecified atom stereocenters. The lowest BCUT2D eigenvalue weighted by Gasteiger charge is -2.08. The van der Waals surface area contributed by atoms with Crippen LogP contribution in [0.5, 0.6) is 5.75 Å². The Labute approximate surface area is 104 Å². The first-order valence-corrected chi connectivity index (χ1v) is 5.56. The van der Waals surface area contributed by atoms with Crippen LogP contribution in [0.15, 0.2) is 16.5 Å². The van der Waals surface area contributed by atoms with Gasteiger partial charge < -0.3 is 14.0 Å². The minimum Gasteiger partial charge on any atom is -0.493 e. The first kappa shape index (κ1) is 12.2. The summed E-state index contributed by atoms with van der Waals surface area (Å²) in [5, 5.41) is 1.51. The van der Waals surface area contributed by atoms with Gasteiger partial charge in [-0.1, -0.05) is 11.6 Å². The van der Waals surface area contributed by atoms with E-state index in [-0.39, 0.29) is 0 Å². The van der Waals surface area contributed by atoms with Gasteiger partial charge >= 0.3 is 0 Å². The van der Waals surface area contributed by atoms with Gasteiger partial charge in [-0.25, -0.2) is 0 Å². The lowest BCUT2D eigenvalue weighted by atomic mass is 10.1. The van der Waals surface area contributed by atoms with Crippen LogP contribution in [-0.4, -0.2) is 14.2 Å². The van der Waals surface area contributed by atoms with Gasteiger partial charge in [0, 0.05) is 11.9 Å². The maximum absolute atomic E-state index is 6.31. The molecule has 0 saturated heterocycles. The molecule has 0 amide bonds. The molecule has 0 spiro atoms. The summed E-state index contributed by atoms with van der Waals surface area (Å²) in [6.07, 6.45) is 0. The van der Waals surface area contributed by atoms with E-state index in [1.165, 1.54) is 0 Å². The number of benzene rings is 1. The molecule has 0 aliphatic heterocycles. The van der Waals surface area contributed by atoms with E-state index < -0.39 is 0 Å². The molecule has 0 bridgehead atoms. The summed E-state index contributed by atoms with van der Waals surface area (Å²) in [7, 11) is 3.17. The van der Waals surface area contributed by atoms with Crippen molar-refractivity contribution >= 4 is 22.6 Å². The molecule has 1 aromatic carbocycles. The van der Waals surface area contributed by atoms with Crippen molar-refractivity contribution in [2.45, 2.75) is 13.5 Å². The van der Waals surface area contributed by atoms with Crippen LogP contribution in [0.3, 0.4) is 0 Å². The summed E-state index contributed by atoms with van der Waals surface area (Å²) in [4.78, 5) is 4.82. The molecular weight excluding hydrogens is 242 g/mol. The van der Waals surface area contributed by atoms with Gasteiger partial charge in [-0.3, -0.25) is 0 Å². The molecular formula is C12H14ClNO3. The number of furan rings is 1. The van der Waals surface area contributed by atoms with Crippen LogP contribution in [0.2, 0.25) is 5.02 Å². The first-order chi connectivity index (χ1) is 8.17. The largest absolute Gasteiger partial charge is 0.493 e. The number of rotatable bonds is 4. The molecule has 1 aromatic heterocycles. The van der Waals surface area contributed by atoms with Gasteiger partial charge in [0.15, 0.2) is 11.3 Å². The standard InChI is InChI=1S/C12H14ClNO3/c1-7-4-9-11(13)8(6-14-16-3)5-10(15-2)12(9)17-7/h4-5,14H,6H2,1-3H3. The van der Waals surface area contributed by atoms with E-state index in [1.807, 2.05) is 19.1 Å². The molecule has 17 heavy (non-hydrogen) atoms. The summed E-state index contributed by atoms with van der Waals surface area (Å²) in [6, 6.07) is 3.75. The Kier molecular flexibility index (Phi) is 3.57. The molecule has 4 nitrogen and oxygen atoms in total. The van der Waals surface area contributed by atoms with Crippen molar-refractivity contribution in [1.29, 1.82) is 0 Å². The van der Waals surface area contributed by atoms with E-state index in [0.29, 0.717) is 22.9 Å². The Hall–Kier alpha value is -1.23. The molecule has 92 valence electrons. The average molecular weight is 256 g/mol. The zero-order chi connectivity index (χ0) is 12.4. The van der Waals surface area contributed by atoms with E-state index in [1.54, 1.807) is 14.2 Å². The van der Waals surface area contributed by atoms with Gasteiger partial charge in [-0.05, 0) is 24.6 Å². The SMILES string of the molecule is CONCc1cc(OC)c2oc(C)cc2c1Cl. The summed E-state index contributed by atoms with van der Waals surface area (Å²) < 4.78 is 10.9. The number of aryl methyl sites for hydroxylation is 1. The molecule has 1 heterocycles. The third-order valence-electron chi connectivity index (χ3n) is 2.53. The van der Waals surface area contributed by atoms with Gasteiger partial charge in [-0.15, -0.1) is 0 Å². The van der Waals surface area contributed by atoms with Gasteiger partial charge in [0.25, 0.3) is 0 Å². The summed E-state index contributed by atoms with van der Waals surface area (Å²) in [6.45, 7) is 2.38. The topological polar surface area (TPSA) is 43.6 Å². The van der Waals surface area contributed by atoms with Crippen molar-refractivity contribution < 1.29 is 14.0 Å². The average Bonchev–Trinajstić information content (AvgIpc) is 2.71. The van der Waals surface area contributed by atoms with Crippen LogP contribution in [0.25, 0.3) is 11.0 Å². The predicted molar refractivity (Wildman–Crippen MR) is 66.4 cm³/mol. The third-order valence-corrected chi connectivity index (χ3v) is 2.98. The van der Waals surface area contributed by atoms with E-state index in [0.717, 1.165) is 16.7 Å². The normalized spacial score (nSPS) is 11.1. The fourth-order valence-electron chi connectivity index (χ4n) is 1.75. The number of hydrogen-bond donors (Lipinski definition) is 1. The molecule has 0 aliphatic carbocycles. The second-order valence-electron chi connectivity index (χ2n) is 3.68. The maximum Gasteiger partial charge on any atom is 0.177 e. The Morgan fingerprint density at radius 3 is 2.76 bits per heavy atom. The van der Waals surface area contributed by atoms with Crippen molar-refractivity contribution in [3.63, 3.8) is 0 Å². The zero-order valence-corrected chi connectivity index (χ0v) is 10.7. The van der Waals surface area contributed by atoms with Crippen molar-refractivity contribution in [2.75, 3.05) is 14.2 Å². The number of hydrogen-bond acceptors (Lipinski definition) is 4. The molecule has 2 aromatic rings. The van der Waals surface area contributed by atoms with Gasteiger partial charge in [0.05, 0.1) is 19.2 Å². The Balaban J connectivity index is 2.58. The second-order valence-corrected chi connectivity index (χ2v) is 4.05. The number of ether oxygens (including phenoxy) is 1. The highest BCUT2D eigenvalue weighted by Gasteiger charge is 2.14. The molecule has 0 atom stereocenters.